The fourth-order valence-electron chi connectivity index (χ4n) is 3.05. The molecule has 0 aliphatic heterocycles. The monoisotopic (exact) mass is 313 g/mol. The van der Waals surface area contributed by atoms with E-state index in [1.165, 1.54) is 29.5 Å². The first kappa shape index (κ1) is 15.1. The molecule has 1 atom stereocenters. The van der Waals surface area contributed by atoms with Crippen LogP contribution in [0.1, 0.15) is 41.6 Å². The van der Waals surface area contributed by atoms with Crippen molar-refractivity contribution in [3.05, 3.63) is 69.7 Å². The summed E-state index contributed by atoms with van der Waals surface area (Å²) in [4.78, 5) is 12.2. The van der Waals surface area contributed by atoms with E-state index < -0.39 is 0 Å². The molecule has 1 N–H and O–H groups in total. The molecule has 3 rings (SSSR count). The van der Waals surface area contributed by atoms with Crippen LogP contribution < -0.4 is 5.32 Å². The van der Waals surface area contributed by atoms with Gasteiger partial charge >= 0.3 is 0 Å². The summed E-state index contributed by atoms with van der Waals surface area (Å²) in [6.45, 7) is 2.03. The third-order valence-electron chi connectivity index (χ3n) is 4.31. The molecule has 2 aromatic carbocycles. The third kappa shape index (κ3) is 3.33. The first-order valence-corrected chi connectivity index (χ1v) is 8.16. The second-order valence-corrected chi connectivity index (χ2v) is 6.35. The van der Waals surface area contributed by atoms with Crippen molar-refractivity contribution in [3.8, 4) is 0 Å². The van der Waals surface area contributed by atoms with E-state index in [1.807, 2.05) is 31.2 Å². The molecule has 0 aromatic heterocycles. The first-order valence-electron chi connectivity index (χ1n) is 7.78. The molecule has 2 nitrogen and oxygen atoms in total. The SMILES string of the molecule is C[C@@H](NC(=O)Cc1ccccc1Cl)c1ccc2c(c1)CCC2. The number of halogens is 1. The second-order valence-electron chi connectivity index (χ2n) is 5.94. The predicted molar refractivity (Wildman–Crippen MR) is 90.2 cm³/mol. The lowest BCUT2D eigenvalue weighted by molar-refractivity contribution is -0.121. The highest BCUT2D eigenvalue weighted by Crippen LogP contribution is 2.25. The zero-order valence-corrected chi connectivity index (χ0v) is 13.5. The summed E-state index contributed by atoms with van der Waals surface area (Å²) in [6, 6.07) is 14.1. The number of aryl methyl sites for hydroxylation is 2. The van der Waals surface area contributed by atoms with Crippen LogP contribution in [0.3, 0.4) is 0 Å². The number of fused-ring (bicyclic) bond motifs is 1. The van der Waals surface area contributed by atoms with Gasteiger partial charge in [0.25, 0.3) is 0 Å². The van der Waals surface area contributed by atoms with Gasteiger partial charge in [0, 0.05) is 5.02 Å². The summed E-state index contributed by atoms with van der Waals surface area (Å²) in [5.41, 5.74) is 4.93. The van der Waals surface area contributed by atoms with Crippen molar-refractivity contribution < 1.29 is 4.79 Å². The van der Waals surface area contributed by atoms with Crippen molar-refractivity contribution in [2.24, 2.45) is 0 Å². The van der Waals surface area contributed by atoms with Crippen LogP contribution in [0, 0.1) is 0 Å². The Morgan fingerprint density at radius 2 is 1.95 bits per heavy atom. The molecule has 3 heteroatoms. The highest BCUT2D eigenvalue weighted by molar-refractivity contribution is 6.31. The molecule has 0 heterocycles. The minimum atomic E-state index is 0.00102. The van der Waals surface area contributed by atoms with Gasteiger partial charge in [-0.15, -0.1) is 0 Å². The van der Waals surface area contributed by atoms with Crippen LogP contribution in [0.15, 0.2) is 42.5 Å². The van der Waals surface area contributed by atoms with Gasteiger partial charge in [-0.25, -0.2) is 0 Å². The van der Waals surface area contributed by atoms with Gasteiger partial charge in [0.15, 0.2) is 0 Å². The summed E-state index contributed by atoms with van der Waals surface area (Å²) in [5.74, 6) is 0.00102. The predicted octanol–water partition coefficient (Wildman–Crippen LogP) is 4.25. The molecule has 2 aromatic rings. The first-order chi connectivity index (χ1) is 10.6. The third-order valence-corrected chi connectivity index (χ3v) is 4.68. The quantitative estimate of drug-likeness (QED) is 0.898. The van der Waals surface area contributed by atoms with Crippen LogP contribution in [0.2, 0.25) is 5.02 Å². The lowest BCUT2D eigenvalue weighted by atomic mass is 10.0. The Morgan fingerprint density at radius 1 is 1.18 bits per heavy atom. The number of carbonyl (C=O) groups excluding carboxylic acids is 1. The second kappa shape index (κ2) is 6.53. The minimum absolute atomic E-state index is 0.00102. The van der Waals surface area contributed by atoms with Crippen LogP contribution in [-0.2, 0) is 24.1 Å². The summed E-state index contributed by atoms with van der Waals surface area (Å²) in [6.07, 6.45) is 3.90. The van der Waals surface area contributed by atoms with Gasteiger partial charge in [-0.05, 0) is 54.5 Å². The molecule has 0 saturated carbocycles. The summed E-state index contributed by atoms with van der Waals surface area (Å²) < 4.78 is 0. The van der Waals surface area contributed by atoms with Gasteiger partial charge in [-0.3, -0.25) is 4.79 Å². The number of hydrogen-bond donors (Lipinski definition) is 1. The van der Waals surface area contributed by atoms with Gasteiger partial charge in [0.2, 0.25) is 5.91 Å². The lowest BCUT2D eigenvalue weighted by Crippen LogP contribution is -2.28. The average Bonchev–Trinajstić information content (AvgIpc) is 2.97. The normalized spacial score (nSPS) is 14.5. The molecule has 0 bridgehead atoms. The minimum Gasteiger partial charge on any atom is -0.349 e. The van der Waals surface area contributed by atoms with E-state index in [-0.39, 0.29) is 11.9 Å². The van der Waals surface area contributed by atoms with Crippen molar-refractivity contribution in [3.63, 3.8) is 0 Å². The maximum Gasteiger partial charge on any atom is 0.224 e. The van der Waals surface area contributed by atoms with Crippen molar-refractivity contribution in [1.29, 1.82) is 0 Å². The van der Waals surface area contributed by atoms with E-state index in [2.05, 4.69) is 23.5 Å². The van der Waals surface area contributed by atoms with E-state index in [0.29, 0.717) is 11.4 Å². The average molecular weight is 314 g/mol. The molecule has 0 unspecified atom stereocenters. The Morgan fingerprint density at radius 3 is 2.77 bits per heavy atom. The number of hydrogen-bond acceptors (Lipinski definition) is 1. The Kier molecular flexibility index (Phi) is 4.49. The molecule has 0 radical (unpaired) electrons. The molecular formula is C19H20ClNO. The standard InChI is InChI=1S/C19H20ClNO/c1-13(15-10-9-14-6-4-7-16(14)11-15)21-19(22)12-17-5-2-3-8-18(17)20/h2-3,5,8-11,13H,4,6-7,12H2,1H3,(H,21,22)/t13-/m1/s1. The molecule has 1 aliphatic rings. The molecule has 0 saturated heterocycles. The molecule has 114 valence electrons. The Balaban J connectivity index is 1.65. The number of nitrogens with one attached hydrogen (secondary N) is 1. The molecule has 1 aliphatic carbocycles. The summed E-state index contributed by atoms with van der Waals surface area (Å²) >= 11 is 6.11. The molecule has 0 fully saturated rings. The highest BCUT2D eigenvalue weighted by Gasteiger charge is 2.15. The van der Waals surface area contributed by atoms with Gasteiger partial charge in [-0.2, -0.15) is 0 Å². The summed E-state index contributed by atoms with van der Waals surface area (Å²) in [5, 5.41) is 3.71. The summed E-state index contributed by atoms with van der Waals surface area (Å²) in [7, 11) is 0. The topological polar surface area (TPSA) is 29.1 Å². The van der Waals surface area contributed by atoms with E-state index in [0.717, 1.165) is 12.0 Å². The van der Waals surface area contributed by atoms with Gasteiger partial charge in [0.05, 0.1) is 12.5 Å². The molecule has 1 amide bonds. The van der Waals surface area contributed by atoms with Crippen LogP contribution in [0.5, 0.6) is 0 Å². The number of benzene rings is 2. The molecule has 0 spiro atoms. The lowest BCUT2D eigenvalue weighted by Gasteiger charge is -2.16. The van der Waals surface area contributed by atoms with Crippen molar-refractivity contribution in [2.75, 3.05) is 0 Å². The van der Waals surface area contributed by atoms with E-state index in [9.17, 15) is 4.79 Å². The Labute approximate surface area is 136 Å². The van der Waals surface area contributed by atoms with Crippen LogP contribution in [0.4, 0.5) is 0 Å². The Bertz CT molecular complexity index is 696. The fourth-order valence-corrected chi connectivity index (χ4v) is 3.25. The largest absolute Gasteiger partial charge is 0.349 e. The van der Waals surface area contributed by atoms with Crippen molar-refractivity contribution in [2.45, 2.75) is 38.6 Å². The zero-order chi connectivity index (χ0) is 15.5. The smallest absolute Gasteiger partial charge is 0.224 e. The maximum absolute atomic E-state index is 12.2. The number of carbonyl (C=O) groups is 1. The van der Waals surface area contributed by atoms with Crippen LogP contribution in [-0.4, -0.2) is 5.91 Å². The van der Waals surface area contributed by atoms with Gasteiger partial charge in [0.1, 0.15) is 0 Å². The highest BCUT2D eigenvalue weighted by atomic mass is 35.5. The van der Waals surface area contributed by atoms with Crippen molar-refractivity contribution in [1.82, 2.24) is 5.32 Å². The van der Waals surface area contributed by atoms with Gasteiger partial charge in [-0.1, -0.05) is 48.0 Å². The molecular weight excluding hydrogens is 294 g/mol. The zero-order valence-electron chi connectivity index (χ0n) is 12.7. The maximum atomic E-state index is 12.2. The fraction of sp³-hybridized carbons (Fsp3) is 0.316. The van der Waals surface area contributed by atoms with E-state index >= 15 is 0 Å². The van der Waals surface area contributed by atoms with Crippen LogP contribution >= 0.6 is 11.6 Å². The van der Waals surface area contributed by atoms with E-state index in [4.69, 9.17) is 11.6 Å². The van der Waals surface area contributed by atoms with Gasteiger partial charge < -0.3 is 5.32 Å². The molecule has 22 heavy (non-hydrogen) atoms. The number of amides is 1. The van der Waals surface area contributed by atoms with Crippen molar-refractivity contribution >= 4 is 17.5 Å². The Hall–Kier alpha value is -1.80. The number of rotatable bonds is 4. The van der Waals surface area contributed by atoms with E-state index in [1.54, 1.807) is 0 Å². The van der Waals surface area contributed by atoms with Crippen LogP contribution in [0.25, 0.3) is 0 Å².